The molecule has 0 bridgehead atoms. The van der Waals surface area contributed by atoms with Crippen molar-refractivity contribution >= 4 is 112 Å². The molecule has 1 aliphatic carbocycles. The zero-order valence-corrected chi connectivity index (χ0v) is 51.6. The van der Waals surface area contributed by atoms with E-state index in [1.54, 1.807) is 0 Å². The Labute approximate surface area is 499 Å². The third-order valence-corrected chi connectivity index (χ3v) is 19.6. The molecule has 2 aliphatic heterocycles. The second-order valence-corrected chi connectivity index (χ2v) is 29.4. The van der Waals surface area contributed by atoms with Gasteiger partial charge in [-0.2, -0.15) is 0 Å². The number of anilines is 5. The van der Waals surface area contributed by atoms with Gasteiger partial charge in [0.05, 0.1) is 11.0 Å². The Morgan fingerprint density at radius 3 is 1.60 bits per heavy atom. The fourth-order valence-electron chi connectivity index (χ4n) is 14.9. The Morgan fingerprint density at radius 1 is 0.424 bits per heavy atom. The Balaban J connectivity index is 1.03. The van der Waals surface area contributed by atoms with Crippen LogP contribution in [0.3, 0.4) is 0 Å². The summed E-state index contributed by atoms with van der Waals surface area (Å²) >= 11 is 0. The molecule has 0 fully saturated rings. The van der Waals surface area contributed by atoms with Gasteiger partial charge < -0.3 is 23.1 Å². The minimum Gasteiger partial charge on any atom is -0.456 e. The van der Waals surface area contributed by atoms with Crippen LogP contribution in [0.5, 0.6) is 0 Å². The maximum absolute atomic E-state index is 7.52. The van der Waals surface area contributed by atoms with Crippen molar-refractivity contribution in [2.24, 2.45) is 0 Å². The average molecular weight is 1110 g/mol. The minimum atomic E-state index is -0.339. The summed E-state index contributed by atoms with van der Waals surface area (Å²) in [5.74, 6) is 0. The molecule has 0 spiro atoms. The first-order valence-corrected chi connectivity index (χ1v) is 30.6. The second kappa shape index (κ2) is 17.2. The van der Waals surface area contributed by atoms with Gasteiger partial charge in [0, 0.05) is 83.0 Å². The first-order chi connectivity index (χ1) is 40.4. The van der Waals surface area contributed by atoms with E-state index in [-0.39, 0.29) is 33.9 Å². The summed E-state index contributed by atoms with van der Waals surface area (Å²) in [5, 5.41) is 7.01. The summed E-state index contributed by atoms with van der Waals surface area (Å²) in [6.07, 6.45) is 0. The quantitative estimate of drug-likeness (QED) is 0.165. The van der Waals surface area contributed by atoms with Gasteiger partial charge in [-0.15, -0.1) is 0 Å². The molecule has 0 unspecified atom stereocenters. The normalized spacial score (nSPS) is 14.5. The van der Waals surface area contributed by atoms with E-state index in [0.29, 0.717) is 0 Å². The molecule has 5 nitrogen and oxygen atoms in total. The zero-order chi connectivity index (χ0) is 58.8. The first kappa shape index (κ1) is 51.9. The van der Waals surface area contributed by atoms with E-state index in [4.69, 9.17) is 8.83 Å². The number of fused-ring (bicyclic) bond motifs is 19. The van der Waals surface area contributed by atoms with Gasteiger partial charge in [0.1, 0.15) is 22.3 Å². The lowest BCUT2D eigenvalue weighted by atomic mass is 9.43. The van der Waals surface area contributed by atoms with Crippen LogP contribution < -0.4 is 20.6 Å². The predicted molar refractivity (Wildman–Crippen MR) is 361 cm³/mol. The van der Waals surface area contributed by atoms with Crippen molar-refractivity contribution in [2.75, 3.05) is 9.71 Å². The van der Waals surface area contributed by atoms with Gasteiger partial charge in [0.15, 0.2) is 0 Å². The fraction of sp³-hybridized carbons (Fsp3) is 0.241. The molecular formula is C79H72BN3O2. The number of aromatic nitrogens is 1. The van der Waals surface area contributed by atoms with E-state index in [1.165, 1.54) is 88.3 Å². The van der Waals surface area contributed by atoms with Gasteiger partial charge in [-0.1, -0.05) is 182 Å². The largest absolute Gasteiger partial charge is 0.456 e. The lowest BCUT2D eigenvalue weighted by Crippen LogP contribution is -2.60. The lowest BCUT2D eigenvalue weighted by Gasteiger charge is -2.42. The predicted octanol–water partition coefficient (Wildman–Crippen LogP) is 20.8. The maximum atomic E-state index is 7.52. The van der Waals surface area contributed by atoms with Crippen molar-refractivity contribution in [1.29, 1.82) is 0 Å². The number of benzene rings is 10. The molecule has 3 aliphatic rings. The number of nitrogens with zero attached hydrogens (tertiary/aromatic N) is 3. The van der Waals surface area contributed by atoms with Crippen LogP contribution in [-0.2, 0) is 27.1 Å². The highest BCUT2D eigenvalue weighted by Gasteiger charge is 2.48. The van der Waals surface area contributed by atoms with Crippen LogP contribution in [0.25, 0.3) is 93.6 Å². The Hall–Kier alpha value is -8.74. The third kappa shape index (κ3) is 7.42. The highest BCUT2D eigenvalue weighted by Crippen LogP contribution is 2.58. The summed E-state index contributed by atoms with van der Waals surface area (Å²) in [6.45, 7) is 32.2. The average Bonchev–Trinajstić information content (AvgIpc) is 1.58. The van der Waals surface area contributed by atoms with E-state index in [0.717, 1.165) is 78.1 Å². The number of furan rings is 2. The molecule has 3 aromatic heterocycles. The highest BCUT2D eigenvalue weighted by molar-refractivity contribution is 6.94. The summed E-state index contributed by atoms with van der Waals surface area (Å²) in [5.41, 5.74) is 27.6. The summed E-state index contributed by atoms with van der Waals surface area (Å²) in [7, 11) is 0. The van der Waals surface area contributed by atoms with Crippen molar-refractivity contribution < 1.29 is 8.83 Å². The monoisotopic (exact) mass is 1110 g/mol. The second-order valence-electron chi connectivity index (χ2n) is 29.4. The molecule has 0 atom stereocenters. The molecule has 0 amide bonds. The van der Waals surface area contributed by atoms with Gasteiger partial charge in [-0.25, -0.2) is 0 Å². The van der Waals surface area contributed by atoms with E-state index in [9.17, 15) is 0 Å². The molecule has 6 heteroatoms. The molecular weight excluding hydrogens is 1030 g/mol. The molecule has 0 radical (unpaired) electrons. The van der Waals surface area contributed by atoms with Crippen LogP contribution in [0.1, 0.15) is 130 Å². The number of rotatable bonds is 4. The van der Waals surface area contributed by atoms with Crippen LogP contribution in [0.15, 0.2) is 191 Å². The van der Waals surface area contributed by atoms with Crippen molar-refractivity contribution in [2.45, 2.75) is 124 Å². The first-order valence-electron chi connectivity index (χ1n) is 30.6. The third-order valence-electron chi connectivity index (χ3n) is 19.6. The smallest absolute Gasteiger partial charge is 0.333 e. The van der Waals surface area contributed by atoms with Crippen molar-refractivity contribution in [3.05, 3.63) is 215 Å². The van der Waals surface area contributed by atoms with E-state index < -0.39 is 0 Å². The summed E-state index contributed by atoms with van der Waals surface area (Å²) in [4.78, 5) is 5.13. The molecule has 0 saturated heterocycles. The van der Waals surface area contributed by atoms with Crippen molar-refractivity contribution in [3.63, 3.8) is 0 Å². The van der Waals surface area contributed by atoms with Gasteiger partial charge in [0.25, 0.3) is 0 Å². The molecule has 418 valence electrons. The van der Waals surface area contributed by atoms with Gasteiger partial charge in [0.2, 0.25) is 0 Å². The molecule has 5 heterocycles. The van der Waals surface area contributed by atoms with E-state index in [2.05, 4.69) is 293 Å². The lowest BCUT2D eigenvalue weighted by molar-refractivity contribution is 0.590. The van der Waals surface area contributed by atoms with E-state index >= 15 is 0 Å². The van der Waals surface area contributed by atoms with Crippen LogP contribution >= 0.6 is 0 Å². The Morgan fingerprint density at radius 2 is 0.976 bits per heavy atom. The summed E-state index contributed by atoms with van der Waals surface area (Å²) in [6, 6.07) is 69.6. The highest BCUT2D eigenvalue weighted by atomic mass is 16.3. The molecule has 0 N–H and O–H groups in total. The number of para-hydroxylation sites is 2. The zero-order valence-electron chi connectivity index (χ0n) is 51.6. The van der Waals surface area contributed by atoms with Gasteiger partial charge >= 0.3 is 6.85 Å². The topological polar surface area (TPSA) is 37.7 Å². The molecule has 10 aromatic carbocycles. The standard InChI is InChI=1S/C79H72BN3O2/c1-75(2,3)45-23-30-49(31-24-45)81(50-32-25-46(26-33-50)76(4,5)6)52-36-37-60-55(40-52)56-41-59-64(43-61(56)79(60,13)14)83(51-34-27-47(28-35-51)77(7,8)9)80-62-44-68-57(53-19-15-17-21-66(53)84-68)42-65(62)82-63-38-29-48(78(10,11)12)39-58(63)69-70-54-20-16-18-22-67(54)85-74(70)71(59)72(80)73(69)82/h15-44H,1-14H3. The number of hydrogen-bond donors (Lipinski definition) is 0. The van der Waals surface area contributed by atoms with Crippen LogP contribution in [-0.4, -0.2) is 11.4 Å². The Bertz CT molecular complexity index is 4940. The van der Waals surface area contributed by atoms with Crippen LogP contribution in [0, 0.1) is 0 Å². The molecule has 85 heavy (non-hydrogen) atoms. The molecule has 0 saturated carbocycles. The van der Waals surface area contributed by atoms with Gasteiger partial charge in [-0.05, 0) is 174 Å². The Kier molecular flexibility index (Phi) is 10.5. The minimum absolute atomic E-state index is 0.0267. The van der Waals surface area contributed by atoms with Crippen LogP contribution in [0.4, 0.5) is 28.4 Å². The van der Waals surface area contributed by atoms with Crippen molar-refractivity contribution in [1.82, 2.24) is 4.57 Å². The van der Waals surface area contributed by atoms with Gasteiger partial charge in [-0.3, -0.25) is 0 Å². The maximum Gasteiger partial charge on any atom is 0.333 e. The van der Waals surface area contributed by atoms with Crippen molar-refractivity contribution in [3.8, 4) is 27.9 Å². The van der Waals surface area contributed by atoms with Crippen LogP contribution in [0.2, 0.25) is 0 Å². The summed E-state index contributed by atoms with van der Waals surface area (Å²) < 4.78 is 17.0. The number of hydrogen-bond acceptors (Lipinski definition) is 4. The van der Waals surface area contributed by atoms with E-state index in [1.807, 2.05) is 0 Å². The molecule has 16 rings (SSSR count). The SMILES string of the molecule is CC(C)(C)c1ccc(N2B3c4cc5oc6ccccc6c5cc4-n4c5ccc(C(C)(C)C)cc5c5c6c(oc7ccccc76)c(c3c54)-c3cc4c(cc32)C(C)(C)c2ccc(N(c3ccc(C(C)(C)C)cc3)c3ccc(C(C)(C)C)cc3)cc2-4)cc1. The molecule has 13 aromatic rings. The fourth-order valence-corrected chi connectivity index (χ4v) is 14.9.